The first-order chi connectivity index (χ1) is 12.5. The van der Waals surface area contributed by atoms with Crippen molar-refractivity contribution in [2.45, 2.75) is 6.61 Å². The summed E-state index contributed by atoms with van der Waals surface area (Å²) in [5, 5.41) is 15.3. The quantitative estimate of drug-likeness (QED) is 0.731. The molecule has 0 unspecified atom stereocenters. The molecule has 0 saturated heterocycles. The fourth-order valence-electron chi connectivity index (χ4n) is 2.25. The van der Waals surface area contributed by atoms with Gasteiger partial charge >= 0.3 is 12.1 Å². The summed E-state index contributed by atoms with van der Waals surface area (Å²) < 4.78 is 19.9. The molecule has 0 radical (unpaired) electrons. The Hall–Kier alpha value is -3.68. The van der Waals surface area contributed by atoms with E-state index in [0.717, 1.165) is 11.6 Å². The minimum Gasteiger partial charge on any atom is -0.476 e. The molecule has 2 aromatic carbocycles. The lowest BCUT2D eigenvalue weighted by molar-refractivity contribution is 0.0690. The molecule has 3 aromatic rings. The summed E-state index contributed by atoms with van der Waals surface area (Å²) in [6.45, 7) is 0.0578. The third-order valence-electron chi connectivity index (χ3n) is 3.46. The van der Waals surface area contributed by atoms with E-state index in [9.17, 15) is 14.0 Å². The SMILES string of the molecule is O=C(Nc1cc(F)ccc1-n1ccc(C(=O)O)n1)OCc1ccccc1. The second-order valence-corrected chi connectivity index (χ2v) is 5.30. The average Bonchev–Trinajstić information content (AvgIpc) is 3.11. The van der Waals surface area contributed by atoms with Crippen LogP contribution in [0.5, 0.6) is 0 Å². The maximum absolute atomic E-state index is 13.6. The molecule has 0 atom stereocenters. The number of hydrogen-bond acceptors (Lipinski definition) is 4. The molecule has 132 valence electrons. The first-order valence-electron chi connectivity index (χ1n) is 7.59. The summed E-state index contributed by atoms with van der Waals surface area (Å²) in [5.41, 5.74) is 1.03. The van der Waals surface area contributed by atoms with Crippen LogP contribution in [0.2, 0.25) is 0 Å². The summed E-state index contributed by atoms with van der Waals surface area (Å²) >= 11 is 0. The van der Waals surface area contributed by atoms with Gasteiger partial charge in [-0.05, 0) is 29.8 Å². The van der Waals surface area contributed by atoms with Crippen molar-refractivity contribution in [2.75, 3.05) is 5.32 Å². The Balaban J connectivity index is 1.77. The lowest BCUT2D eigenvalue weighted by Crippen LogP contribution is -2.15. The van der Waals surface area contributed by atoms with Gasteiger partial charge in [0.05, 0.1) is 11.4 Å². The van der Waals surface area contributed by atoms with Gasteiger partial charge in [-0.15, -0.1) is 0 Å². The molecule has 3 rings (SSSR count). The van der Waals surface area contributed by atoms with Crippen LogP contribution in [-0.4, -0.2) is 26.9 Å². The summed E-state index contributed by atoms with van der Waals surface area (Å²) in [5.74, 6) is -1.76. The van der Waals surface area contributed by atoms with E-state index in [-0.39, 0.29) is 18.0 Å². The number of nitrogens with zero attached hydrogens (tertiary/aromatic N) is 2. The molecule has 0 aliphatic rings. The number of aromatic nitrogens is 2. The number of benzene rings is 2. The maximum Gasteiger partial charge on any atom is 0.412 e. The molecule has 1 amide bonds. The minimum absolute atomic E-state index is 0.0578. The number of anilines is 1. The maximum atomic E-state index is 13.6. The predicted octanol–water partition coefficient (Wildman–Crippen LogP) is 3.46. The number of nitrogens with one attached hydrogen (secondary N) is 1. The van der Waals surface area contributed by atoms with Gasteiger partial charge in [0.1, 0.15) is 12.4 Å². The van der Waals surface area contributed by atoms with Gasteiger partial charge in [-0.2, -0.15) is 5.10 Å². The Kier molecular flexibility index (Phi) is 4.93. The van der Waals surface area contributed by atoms with Crippen LogP contribution >= 0.6 is 0 Å². The minimum atomic E-state index is -1.19. The predicted molar refractivity (Wildman–Crippen MR) is 90.7 cm³/mol. The molecule has 1 aromatic heterocycles. The van der Waals surface area contributed by atoms with Gasteiger partial charge in [-0.3, -0.25) is 5.32 Å². The van der Waals surface area contributed by atoms with Gasteiger partial charge in [-0.1, -0.05) is 30.3 Å². The Bertz CT molecular complexity index is 941. The van der Waals surface area contributed by atoms with Gasteiger partial charge in [-0.25, -0.2) is 18.7 Å². The number of ether oxygens (including phenoxy) is 1. The first-order valence-corrected chi connectivity index (χ1v) is 7.59. The van der Waals surface area contributed by atoms with Crippen LogP contribution in [0.1, 0.15) is 16.1 Å². The van der Waals surface area contributed by atoms with Gasteiger partial charge < -0.3 is 9.84 Å². The number of hydrogen-bond donors (Lipinski definition) is 2. The van der Waals surface area contributed by atoms with E-state index in [2.05, 4.69) is 10.4 Å². The molecule has 0 aliphatic carbocycles. The summed E-state index contributed by atoms with van der Waals surface area (Å²) in [7, 11) is 0. The highest BCUT2D eigenvalue weighted by Gasteiger charge is 2.14. The lowest BCUT2D eigenvalue weighted by Gasteiger charge is -2.12. The van der Waals surface area contributed by atoms with E-state index in [1.807, 2.05) is 18.2 Å². The standard InChI is InChI=1S/C18H14FN3O4/c19-13-6-7-16(22-9-8-14(21-22)17(23)24)15(10-13)20-18(25)26-11-12-4-2-1-3-5-12/h1-10H,11H2,(H,20,25)(H,23,24). The molecule has 7 nitrogen and oxygen atoms in total. The highest BCUT2D eigenvalue weighted by Crippen LogP contribution is 2.22. The molecule has 1 heterocycles. The van der Waals surface area contributed by atoms with Crippen molar-refractivity contribution in [3.05, 3.63) is 77.9 Å². The smallest absolute Gasteiger partial charge is 0.412 e. The van der Waals surface area contributed by atoms with Crippen LogP contribution in [0, 0.1) is 5.82 Å². The second kappa shape index (κ2) is 7.47. The van der Waals surface area contributed by atoms with E-state index in [1.165, 1.54) is 29.1 Å². The summed E-state index contributed by atoms with van der Waals surface area (Å²) in [4.78, 5) is 23.0. The zero-order chi connectivity index (χ0) is 18.5. The van der Waals surface area contributed by atoms with Crippen molar-refractivity contribution < 1.29 is 23.8 Å². The van der Waals surface area contributed by atoms with Gasteiger partial charge in [0.2, 0.25) is 0 Å². The molecule has 0 aliphatic heterocycles. The molecular formula is C18H14FN3O4. The Morgan fingerprint density at radius 2 is 1.92 bits per heavy atom. The number of aromatic carboxylic acids is 1. The van der Waals surface area contributed by atoms with Gasteiger partial charge in [0, 0.05) is 6.20 Å². The zero-order valence-electron chi connectivity index (χ0n) is 13.4. The first kappa shape index (κ1) is 17.2. The van der Waals surface area contributed by atoms with Gasteiger partial charge in [0.25, 0.3) is 0 Å². The van der Waals surface area contributed by atoms with E-state index in [0.29, 0.717) is 5.69 Å². The van der Waals surface area contributed by atoms with Gasteiger partial charge in [0.15, 0.2) is 5.69 Å². The van der Waals surface area contributed by atoms with E-state index in [1.54, 1.807) is 12.1 Å². The topological polar surface area (TPSA) is 93.5 Å². The van der Waals surface area contributed by atoms with E-state index >= 15 is 0 Å². The highest BCUT2D eigenvalue weighted by atomic mass is 19.1. The Morgan fingerprint density at radius 3 is 2.62 bits per heavy atom. The van der Waals surface area contributed by atoms with Crippen molar-refractivity contribution in [2.24, 2.45) is 0 Å². The van der Waals surface area contributed by atoms with Crippen LogP contribution in [0.3, 0.4) is 0 Å². The molecule has 0 bridgehead atoms. The largest absolute Gasteiger partial charge is 0.476 e. The molecule has 0 saturated carbocycles. The Morgan fingerprint density at radius 1 is 1.15 bits per heavy atom. The normalized spacial score (nSPS) is 10.3. The molecule has 26 heavy (non-hydrogen) atoms. The number of carboxylic acids is 1. The third-order valence-corrected chi connectivity index (χ3v) is 3.46. The average molecular weight is 355 g/mol. The van der Waals surface area contributed by atoms with Crippen molar-refractivity contribution in [3.63, 3.8) is 0 Å². The zero-order valence-corrected chi connectivity index (χ0v) is 13.4. The summed E-state index contributed by atoms with van der Waals surface area (Å²) in [6.07, 6.45) is 0.628. The van der Waals surface area contributed by atoms with Crippen molar-refractivity contribution in [3.8, 4) is 5.69 Å². The van der Waals surface area contributed by atoms with Crippen molar-refractivity contribution >= 4 is 17.7 Å². The third kappa shape index (κ3) is 4.04. The monoisotopic (exact) mass is 355 g/mol. The number of carbonyl (C=O) groups is 2. The number of rotatable bonds is 5. The number of carbonyl (C=O) groups excluding carboxylic acids is 1. The molecule has 0 spiro atoms. The molecule has 0 fully saturated rings. The summed E-state index contributed by atoms with van der Waals surface area (Å²) in [6, 6.07) is 14.0. The fourth-order valence-corrected chi connectivity index (χ4v) is 2.25. The van der Waals surface area contributed by atoms with Crippen LogP contribution < -0.4 is 5.32 Å². The van der Waals surface area contributed by atoms with Crippen molar-refractivity contribution in [1.82, 2.24) is 9.78 Å². The van der Waals surface area contributed by atoms with Crippen molar-refractivity contribution in [1.29, 1.82) is 0 Å². The molecule has 8 heteroatoms. The van der Waals surface area contributed by atoms with Crippen LogP contribution in [0.25, 0.3) is 5.69 Å². The van der Waals surface area contributed by atoms with Crippen LogP contribution in [0.15, 0.2) is 60.8 Å². The number of carboxylic acid groups (broad SMARTS) is 1. The number of halogens is 1. The Labute approximate surface area is 147 Å². The highest BCUT2D eigenvalue weighted by molar-refractivity contribution is 5.88. The van der Waals surface area contributed by atoms with Crippen LogP contribution in [0.4, 0.5) is 14.9 Å². The second-order valence-electron chi connectivity index (χ2n) is 5.30. The fraction of sp³-hybridized carbons (Fsp3) is 0.0556. The molecular weight excluding hydrogens is 341 g/mol. The van der Waals surface area contributed by atoms with E-state index in [4.69, 9.17) is 9.84 Å². The van der Waals surface area contributed by atoms with E-state index < -0.39 is 17.9 Å². The number of amides is 1. The lowest BCUT2D eigenvalue weighted by atomic mass is 10.2. The van der Waals surface area contributed by atoms with Crippen LogP contribution in [-0.2, 0) is 11.3 Å². The molecule has 2 N–H and O–H groups in total.